The number of aliphatic carboxylic acids is 1. The first-order valence-corrected chi connectivity index (χ1v) is 6.14. The van der Waals surface area contributed by atoms with Gasteiger partial charge in [-0.15, -0.1) is 0 Å². The highest BCUT2D eigenvalue weighted by Gasteiger charge is 2.13. The smallest absolute Gasteiger partial charge is 0.303 e. The number of amides is 1. The minimum absolute atomic E-state index is 0.213. The summed E-state index contributed by atoms with van der Waals surface area (Å²) in [6.07, 6.45) is 4.83. The molecule has 0 atom stereocenters. The molecule has 0 aliphatic carbocycles. The molecule has 0 aromatic carbocycles. The van der Waals surface area contributed by atoms with Gasteiger partial charge in [0.1, 0.15) is 19.5 Å². The minimum Gasteiger partial charge on any atom is -0.494 e. The van der Waals surface area contributed by atoms with E-state index < -0.39 is 5.97 Å². The van der Waals surface area contributed by atoms with Gasteiger partial charge in [0.2, 0.25) is 5.76 Å². The molecule has 1 aliphatic rings. The van der Waals surface area contributed by atoms with Crippen LogP contribution in [-0.4, -0.2) is 36.7 Å². The van der Waals surface area contributed by atoms with E-state index in [-0.39, 0.29) is 18.1 Å². The zero-order valence-corrected chi connectivity index (χ0v) is 10.3. The van der Waals surface area contributed by atoms with Crippen LogP contribution < -0.4 is 5.32 Å². The van der Waals surface area contributed by atoms with Crippen molar-refractivity contribution in [2.75, 3.05) is 19.8 Å². The lowest BCUT2D eigenvalue weighted by Crippen LogP contribution is -2.29. The third-order valence-electron chi connectivity index (χ3n) is 2.48. The minimum atomic E-state index is -0.760. The summed E-state index contributed by atoms with van der Waals surface area (Å²) in [6.45, 7) is 1.43. The van der Waals surface area contributed by atoms with E-state index in [0.29, 0.717) is 26.2 Å². The summed E-state index contributed by atoms with van der Waals surface area (Å²) in [5, 5.41) is 11.2. The van der Waals surface area contributed by atoms with E-state index in [2.05, 4.69) is 5.32 Å². The van der Waals surface area contributed by atoms with Crippen LogP contribution >= 0.6 is 0 Å². The highest BCUT2D eigenvalue weighted by atomic mass is 16.6. The molecular weight excluding hydrogens is 238 g/mol. The fraction of sp³-hybridized carbons (Fsp3) is 0.667. The second-order valence-corrected chi connectivity index (χ2v) is 4.02. The molecule has 102 valence electrons. The second kappa shape index (κ2) is 8.38. The Morgan fingerprint density at radius 1 is 1.22 bits per heavy atom. The topological polar surface area (TPSA) is 84.9 Å². The van der Waals surface area contributed by atoms with Gasteiger partial charge in [0.15, 0.2) is 0 Å². The Balaban J connectivity index is 1.98. The molecule has 0 saturated heterocycles. The Kier molecular flexibility index (Phi) is 6.68. The first-order valence-electron chi connectivity index (χ1n) is 6.14. The summed E-state index contributed by atoms with van der Waals surface area (Å²) in [5.41, 5.74) is 0. The summed E-state index contributed by atoms with van der Waals surface area (Å²) >= 11 is 0. The highest BCUT2D eigenvalue weighted by molar-refractivity contribution is 5.91. The average Bonchev–Trinajstić information content (AvgIpc) is 2.38. The van der Waals surface area contributed by atoms with E-state index in [0.717, 1.165) is 19.3 Å². The Labute approximate surface area is 106 Å². The van der Waals surface area contributed by atoms with Gasteiger partial charge >= 0.3 is 5.97 Å². The molecule has 6 nitrogen and oxygen atoms in total. The van der Waals surface area contributed by atoms with Crippen LogP contribution in [-0.2, 0) is 19.1 Å². The molecule has 2 N–H and O–H groups in total. The summed E-state index contributed by atoms with van der Waals surface area (Å²) in [6, 6.07) is 0. The zero-order valence-electron chi connectivity index (χ0n) is 10.3. The van der Waals surface area contributed by atoms with Crippen LogP contribution in [0.25, 0.3) is 0 Å². The van der Waals surface area contributed by atoms with E-state index >= 15 is 0 Å². The van der Waals surface area contributed by atoms with Crippen LogP contribution in [0, 0.1) is 0 Å². The maximum absolute atomic E-state index is 11.5. The summed E-state index contributed by atoms with van der Waals surface area (Å²) in [7, 11) is 0. The number of carboxylic acid groups (broad SMARTS) is 1. The lowest BCUT2D eigenvalue weighted by atomic mass is 10.1. The van der Waals surface area contributed by atoms with Crippen molar-refractivity contribution in [3.63, 3.8) is 0 Å². The molecule has 6 heteroatoms. The number of nitrogens with one attached hydrogen (secondary N) is 1. The molecule has 1 aliphatic heterocycles. The van der Waals surface area contributed by atoms with Gasteiger partial charge in [-0.25, -0.2) is 0 Å². The van der Waals surface area contributed by atoms with Crippen LogP contribution in [0.15, 0.2) is 12.0 Å². The SMILES string of the molecule is O=C(O)CCCCCCNC(=O)C1=COCCO1. The molecule has 1 amide bonds. The molecule has 0 saturated carbocycles. The molecule has 1 heterocycles. The third kappa shape index (κ3) is 6.12. The summed E-state index contributed by atoms with van der Waals surface area (Å²) < 4.78 is 10.1. The fourth-order valence-electron chi connectivity index (χ4n) is 1.53. The van der Waals surface area contributed by atoms with Crippen LogP contribution in [0.3, 0.4) is 0 Å². The molecule has 18 heavy (non-hydrogen) atoms. The number of unbranched alkanes of at least 4 members (excludes halogenated alkanes) is 3. The van der Waals surface area contributed by atoms with Gasteiger partial charge < -0.3 is 19.9 Å². The molecule has 0 aromatic heterocycles. The number of carbonyl (C=O) groups excluding carboxylic acids is 1. The Bertz CT molecular complexity index is 314. The molecule has 0 bridgehead atoms. The van der Waals surface area contributed by atoms with E-state index in [9.17, 15) is 9.59 Å². The standard InChI is InChI=1S/C12H19NO5/c14-11(15)5-3-1-2-4-6-13-12(16)10-9-17-7-8-18-10/h9H,1-8H2,(H,13,16)(H,14,15). The first kappa shape index (κ1) is 14.3. The van der Waals surface area contributed by atoms with Gasteiger partial charge in [0.05, 0.1) is 0 Å². The van der Waals surface area contributed by atoms with Gasteiger partial charge in [-0.05, 0) is 12.8 Å². The van der Waals surface area contributed by atoms with Gasteiger partial charge in [-0.2, -0.15) is 0 Å². The van der Waals surface area contributed by atoms with Crippen molar-refractivity contribution in [2.24, 2.45) is 0 Å². The first-order chi connectivity index (χ1) is 8.70. The van der Waals surface area contributed by atoms with Crippen molar-refractivity contribution >= 4 is 11.9 Å². The molecular formula is C12H19NO5. The van der Waals surface area contributed by atoms with Crippen LogP contribution in [0.5, 0.6) is 0 Å². The highest BCUT2D eigenvalue weighted by Crippen LogP contribution is 2.05. The monoisotopic (exact) mass is 257 g/mol. The predicted octanol–water partition coefficient (Wildman–Crippen LogP) is 1.03. The molecule has 0 fully saturated rings. The molecule has 0 unspecified atom stereocenters. The Morgan fingerprint density at radius 2 is 2.00 bits per heavy atom. The van der Waals surface area contributed by atoms with Crippen molar-refractivity contribution in [1.82, 2.24) is 5.32 Å². The molecule has 0 radical (unpaired) electrons. The lowest BCUT2D eigenvalue weighted by Gasteiger charge is -2.14. The van der Waals surface area contributed by atoms with Crippen molar-refractivity contribution in [1.29, 1.82) is 0 Å². The second-order valence-electron chi connectivity index (χ2n) is 4.02. The van der Waals surface area contributed by atoms with Crippen molar-refractivity contribution in [3.8, 4) is 0 Å². The Morgan fingerprint density at radius 3 is 2.67 bits per heavy atom. The number of hydrogen-bond acceptors (Lipinski definition) is 4. The number of ether oxygens (including phenoxy) is 2. The summed E-state index contributed by atoms with van der Waals surface area (Å²) in [4.78, 5) is 21.8. The molecule has 1 rings (SSSR count). The van der Waals surface area contributed by atoms with Crippen LogP contribution in [0.2, 0.25) is 0 Å². The van der Waals surface area contributed by atoms with Gasteiger partial charge in [-0.1, -0.05) is 12.8 Å². The van der Waals surface area contributed by atoms with Crippen molar-refractivity contribution < 1.29 is 24.2 Å². The van der Waals surface area contributed by atoms with E-state index in [1.165, 1.54) is 6.26 Å². The third-order valence-corrected chi connectivity index (χ3v) is 2.48. The largest absolute Gasteiger partial charge is 0.494 e. The predicted molar refractivity (Wildman–Crippen MR) is 63.7 cm³/mol. The van der Waals surface area contributed by atoms with E-state index in [1.54, 1.807) is 0 Å². The maximum Gasteiger partial charge on any atom is 0.303 e. The van der Waals surface area contributed by atoms with Crippen LogP contribution in [0.4, 0.5) is 0 Å². The molecule has 0 aromatic rings. The normalized spacial score (nSPS) is 14.1. The number of hydrogen-bond donors (Lipinski definition) is 2. The fourth-order valence-corrected chi connectivity index (χ4v) is 1.53. The van der Waals surface area contributed by atoms with Gasteiger partial charge in [-0.3, -0.25) is 9.59 Å². The van der Waals surface area contributed by atoms with E-state index in [4.69, 9.17) is 14.6 Å². The van der Waals surface area contributed by atoms with Crippen molar-refractivity contribution in [2.45, 2.75) is 32.1 Å². The number of carboxylic acids is 1. The summed E-state index contributed by atoms with van der Waals surface area (Å²) in [5.74, 6) is -0.808. The van der Waals surface area contributed by atoms with Gasteiger partial charge in [0.25, 0.3) is 5.91 Å². The number of carbonyl (C=O) groups is 2. The Hall–Kier alpha value is -1.72. The maximum atomic E-state index is 11.5. The zero-order chi connectivity index (χ0) is 13.2. The quantitative estimate of drug-likeness (QED) is 0.634. The number of rotatable bonds is 8. The molecule has 0 spiro atoms. The van der Waals surface area contributed by atoms with Gasteiger partial charge in [0, 0.05) is 13.0 Å². The van der Waals surface area contributed by atoms with Crippen LogP contribution in [0.1, 0.15) is 32.1 Å². The van der Waals surface area contributed by atoms with Crippen molar-refractivity contribution in [3.05, 3.63) is 12.0 Å². The van der Waals surface area contributed by atoms with E-state index in [1.807, 2.05) is 0 Å². The average molecular weight is 257 g/mol. The lowest BCUT2D eigenvalue weighted by molar-refractivity contribution is -0.137.